The van der Waals surface area contributed by atoms with Crippen LogP contribution >= 0.6 is 11.6 Å². The van der Waals surface area contributed by atoms with Crippen molar-refractivity contribution in [2.24, 2.45) is 0 Å². The average molecular weight is 303 g/mol. The number of nitrogens with zero attached hydrogens (tertiary/aromatic N) is 3. The Labute approximate surface area is 126 Å². The molecule has 1 N–H and O–H groups in total. The van der Waals surface area contributed by atoms with Gasteiger partial charge < -0.3 is 5.32 Å². The molecule has 0 fully saturated rings. The highest BCUT2D eigenvalue weighted by atomic mass is 35.5. The van der Waals surface area contributed by atoms with E-state index in [1.807, 2.05) is 30.3 Å². The van der Waals surface area contributed by atoms with E-state index in [2.05, 4.69) is 15.5 Å². The second kappa shape index (κ2) is 5.93. The van der Waals surface area contributed by atoms with Gasteiger partial charge in [-0.1, -0.05) is 29.8 Å². The molecule has 0 saturated carbocycles. The number of hydrogen-bond acceptors (Lipinski definition) is 3. The van der Waals surface area contributed by atoms with Crippen LogP contribution in [0.15, 0.2) is 54.7 Å². The molecule has 0 radical (unpaired) electrons. The Hall–Kier alpha value is -2.40. The van der Waals surface area contributed by atoms with Crippen molar-refractivity contribution in [1.82, 2.24) is 15.0 Å². The van der Waals surface area contributed by atoms with E-state index >= 15 is 0 Å². The van der Waals surface area contributed by atoms with Crippen LogP contribution in [-0.4, -0.2) is 15.0 Å². The van der Waals surface area contributed by atoms with Crippen LogP contribution in [0.25, 0.3) is 5.69 Å². The van der Waals surface area contributed by atoms with Gasteiger partial charge >= 0.3 is 0 Å². The van der Waals surface area contributed by atoms with Crippen LogP contribution < -0.4 is 5.32 Å². The SMILES string of the molecule is Fc1ccc(NCc2cnn(-c3ccccc3)n2)cc1Cl. The Bertz CT molecular complexity index is 742. The highest BCUT2D eigenvalue weighted by molar-refractivity contribution is 6.31. The van der Waals surface area contributed by atoms with E-state index in [1.165, 1.54) is 6.07 Å². The molecule has 1 heterocycles. The van der Waals surface area contributed by atoms with E-state index in [-0.39, 0.29) is 5.02 Å². The third-order valence-corrected chi connectivity index (χ3v) is 3.21. The summed E-state index contributed by atoms with van der Waals surface area (Å²) in [6, 6.07) is 14.1. The molecule has 106 valence electrons. The molecule has 0 aliphatic heterocycles. The normalized spacial score (nSPS) is 10.6. The lowest BCUT2D eigenvalue weighted by molar-refractivity contribution is 0.628. The fraction of sp³-hybridized carbons (Fsp3) is 0.0667. The largest absolute Gasteiger partial charge is 0.379 e. The van der Waals surface area contributed by atoms with Gasteiger partial charge in [0.2, 0.25) is 0 Å². The predicted molar refractivity (Wildman–Crippen MR) is 80.1 cm³/mol. The lowest BCUT2D eigenvalue weighted by Crippen LogP contribution is -2.02. The smallest absolute Gasteiger partial charge is 0.141 e. The highest BCUT2D eigenvalue weighted by Crippen LogP contribution is 2.19. The molecular formula is C15H12ClFN4. The molecule has 4 nitrogen and oxygen atoms in total. The van der Waals surface area contributed by atoms with Gasteiger partial charge in [-0.25, -0.2) is 4.39 Å². The average Bonchev–Trinajstić information content (AvgIpc) is 2.98. The Morgan fingerprint density at radius 1 is 1.14 bits per heavy atom. The molecule has 0 aliphatic rings. The van der Waals surface area contributed by atoms with Crippen molar-refractivity contribution in [3.63, 3.8) is 0 Å². The molecule has 0 bridgehead atoms. The third kappa shape index (κ3) is 3.20. The maximum Gasteiger partial charge on any atom is 0.141 e. The Morgan fingerprint density at radius 3 is 2.71 bits per heavy atom. The maximum atomic E-state index is 13.1. The van der Waals surface area contributed by atoms with Crippen molar-refractivity contribution in [3.05, 3.63) is 71.3 Å². The van der Waals surface area contributed by atoms with Gasteiger partial charge in [-0.05, 0) is 30.3 Å². The van der Waals surface area contributed by atoms with Gasteiger partial charge in [0.25, 0.3) is 0 Å². The number of benzene rings is 2. The highest BCUT2D eigenvalue weighted by Gasteiger charge is 2.04. The van der Waals surface area contributed by atoms with E-state index in [1.54, 1.807) is 23.1 Å². The third-order valence-electron chi connectivity index (χ3n) is 2.92. The second-order valence-electron chi connectivity index (χ2n) is 4.44. The van der Waals surface area contributed by atoms with Gasteiger partial charge in [0, 0.05) is 5.69 Å². The number of para-hydroxylation sites is 1. The van der Waals surface area contributed by atoms with Crippen LogP contribution in [0.1, 0.15) is 5.69 Å². The van der Waals surface area contributed by atoms with Gasteiger partial charge in [0.15, 0.2) is 0 Å². The molecule has 0 unspecified atom stereocenters. The molecule has 6 heteroatoms. The number of hydrogen-bond donors (Lipinski definition) is 1. The summed E-state index contributed by atoms with van der Waals surface area (Å²) in [5.41, 5.74) is 2.41. The molecule has 21 heavy (non-hydrogen) atoms. The van der Waals surface area contributed by atoms with Gasteiger partial charge in [-0.2, -0.15) is 15.0 Å². The first-order valence-corrected chi connectivity index (χ1v) is 6.76. The number of halogens is 2. The lowest BCUT2D eigenvalue weighted by atomic mass is 10.3. The minimum atomic E-state index is -0.433. The molecule has 3 aromatic rings. The Kier molecular flexibility index (Phi) is 3.83. The van der Waals surface area contributed by atoms with E-state index in [0.717, 1.165) is 17.1 Å². The molecule has 0 aliphatic carbocycles. The maximum absolute atomic E-state index is 13.1. The monoisotopic (exact) mass is 302 g/mol. The summed E-state index contributed by atoms with van der Waals surface area (Å²) in [5, 5.41) is 11.8. The van der Waals surface area contributed by atoms with Gasteiger partial charge in [-0.15, -0.1) is 0 Å². The van der Waals surface area contributed by atoms with Crippen molar-refractivity contribution in [2.75, 3.05) is 5.32 Å². The van der Waals surface area contributed by atoms with Crippen LogP contribution in [-0.2, 0) is 6.54 Å². The summed E-state index contributed by atoms with van der Waals surface area (Å²) >= 11 is 5.73. The van der Waals surface area contributed by atoms with E-state index in [9.17, 15) is 4.39 Å². The van der Waals surface area contributed by atoms with Crippen molar-refractivity contribution in [3.8, 4) is 5.69 Å². The van der Waals surface area contributed by atoms with E-state index in [0.29, 0.717) is 6.54 Å². The summed E-state index contributed by atoms with van der Waals surface area (Å²) in [5.74, 6) is -0.433. The summed E-state index contributed by atoms with van der Waals surface area (Å²) in [6.07, 6.45) is 1.69. The van der Waals surface area contributed by atoms with Crippen LogP contribution in [0.2, 0.25) is 5.02 Å². The second-order valence-corrected chi connectivity index (χ2v) is 4.85. The molecular weight excluding hydrogens is 291 g/mol. The fourth-order valence-corrected chi connectivity index (χ4v) is 2.04. The van der Waals surface area contributed by atoms with Crippen LogP contribution in [0.3, 0.4) is 0 Å². The van der Waals surface area contributed by atoms with Crippen molar-refractivity contribution in [1.29, 1.82) is 0 Å². The summed E-state index contributed by atoms with van der Waals surface area (Å²) in [6.45, 7) is 0.481. The first-order chi connectivity index (χ1) is 10.2. The molecule has 0 saturated heterocycles. The first kappa shape index (κ1) is 13.6. The quantitative estimate of drug-likeness (QED) is 0.799. The number of anilines is 1. The van der Waals surface area contributed by atoms with Crippen LogP contribution in [0.4, 0.5) is 10.1 Å². The van der Waals surface area contributed by atoms with Gasteiger partial charge in [-0.3, -0.25) is 0 Å². The minimum Gasteiger partial charge on any atom is -0.379 e. The fourth-order valence-electron chi connectivity index (χ4n) is 1.86. The standard InChI is InChI=1S/C15H12ClFN4/c16-14-8-11(6-7-15(14)17)18-9-12-10-19-21(20-12)13-4-2-1-3-5-13/h1-8,10,18H,9H2. The van der Waals surface area contributed by atoms with Crippen molar-refractivity contribution >= 4 is 17.3 Å². The number of aromatic nitrogens is 3. The first-order valence-electron chi connectivity index (χ1n) is 6.38. The van der Waals surface area contributed by atoms with Crippen molar-refractivity contribution < 1.29 is 4.39 Å². The topological polar surface area (TPSA) is 42.7 Å². The lowest BCUT2D eigenvalue weighted by Gasteiger charge is -2.04. The molecule has 0 spiro atoms. The number of nitrogens with one attached hydrogen (secondary N) is 1. The summed E-state index contributed by atoms with van der Waals surface area (Å²) < 4.78 is 13.1. The van der Waals surface area contributed by atoms with Crippen LogP contribution in [0, 0.1) is 5.82 Å². The molecule has 0 atom stereocenters. The zero-order valence-electron chi connectivity index (χ0n) is 11.0. The van der Waals surface area contributed by atoms with Crippen molar-refractivity contribution in [2.45, 2.75) is 6.54 Å². The predicted octanol–water partition coefficient (Wildman–Crippen LogP) is 3.67. The van der Waals surface area contributed by atoms with Gasteiger partial charge in [0.05, 0.1) is 23.5 Å². The number of rotatable bonds is 4. The molecule has 0 amide bonds. The summed E-state index contributed by atoms with van der Waals surface area (Å²) in [7, 11) is 0. The summed E-state index contributed by atoms with van der Waals surface area (Å²) in [4.78, 5) is 1.56. The molecule has 2 aromatic carbocycles. The van der Waals surface area contributed by atoms with E-state index < -0.39 is 5.82 Å². The zero-order valence-corrected chi connectivity index (χ0v) is 11.8. The Balaban J connectivity index is 1.69. The molecule has 1 aromatic heterocycles. The minimum absolute atomic E-state index is 0.0907. The van der Waals surface area contributed by atoms with Gasteiger partial charge in [0.1, 0.15) is 11.5 Å². The van der Waals surface area contributed by atoms with E-state index in [4.69, 9.17) is 11.6 Å². The molecule has 3 rings (SSSR count). The van der Waals surface area contributed by atoms with Crippen LogP contribution in [0.5, 0.6) is 0 Å². The zero-order chi connectivity index (χ0) is 14.7. The Morgan fingerprint density at radius 2 is 1.95 bits per heavy atom.